The summed E-state index contributed by atoms with van der Waals surface area (Å²) < 4.78 is 0. The zero-order valence-corrected chi connectivity index (χ0v) is 9.87. The van der Waals surface area contributed by atoms with Crippen LogP contribution in [0.1, 0.15) is 36.7 Å². The molecule has 0 saturated carbocycles. The topological polar surface area (TPSA) is 50.3 Å². The van der Waals surface area contributed by atoms with Crippen molar-refractivity contribution in [1.82, 2.24) is 4.98 Å². The Bertz CT molecular complexity index is 492. The molecule has 0 saturated heterocycles. The molecule has 1 aliphatic rings. The molecule has 4 nitrogen and oxygen atoms in total. The van der Waals surface area contributed by atoms with Crippen LogP contribution in [0.2, 0.25) is 0 Å². The minimum absolute atomic E-state index is 0.00991. The molecule has 2 rings (SSSR count). The molecule has 0 aromatic carbocycles. The van der Waals surface area contributed by atoms with E-state index in [1.807, 2.05) is 13.8 Å². The maximum Gasteiger partial charge on any atom is 0.238 e. The van der Waals surface area contributed by atoms with Crippen molar-refractivity contribution in [2.45, 2.75) is 26.2 Å². The van der Waals surface area contributed by atoms with Gasteiger partial charge in [-0.05, 0) is 26.8 Å². The van der Waals surface area contributed by atoms with Gasteiger partial charge in [-0.1, -0.05) is 0 Å². The van der Waals surface area contributed by atoms with Crippen LogP contribution in [0.5, 0.6) is 0 Å². The summed E-state index contributed by atoms with van der Waals surface area (Å²) in [7, 11) is 1.70. The number of rotatable bonds is 1. The quantitative estimate of drug-likeness (QED) is 0.672. The fourth-order valence-corrected chi connectivity index (χ4v) is 2.01. The number of aromatic nitrogens is 1. The third-order valence-electron chi connectivity index (χ3n) is 3.10. The van der Waals surface area contributed by atoms with E-state index in [2.05, 4.69) is 4.98 Å². The van der Waals surface area contributed by atoms with E-state index in [9.17, 15) is 9.59 Å². The molecule has 0 radical (unpaired) electrons. The Kier molecular flexibility index (Phi) is 2.12. The monoisotopic (exact) mass is 218 g/mol. The highest BCUT2D eigenvalue weighted by Crippen LogP contribution is 2.39. The number of hydrogen-bond donors (Lipinski definition) is 0. The first kappa shape index (κ1) is 10.8. The van der Waals surface area contributed by atoms with Crippen LogP contribution in [-0.2, 0) is 10.2 Å². The molecule has 0 fully saturated rings. The minimum Gasteiger partial charge on any atom is -0.299 e. The fourth-order valence-electron chi connectivity index (χ4n) is 2.01. The van der Waals surface area contributed by atoms with Crippen molar-refractivity contribution in [1.29, 1.82) is 0 Å². The van der Waals surface area contributed by atoms with Crippen LogP contribution >= 0.6 is 0 Å². The zero-order chi connectivity index (χ0) is 12.1. The van der Waals surface area contributed by atoms with Gasteiger partial charge in [0.2, 0.25) is 5.91 Å². The van der Waals surface area contributed by atoms with Gasteiger partial charge in [0.15, 0.2) is 5.78 Å². The number of pyridine rings is 1. The lowest BCUT2D eigenvalue weighted by atomic mass is 9.86. The molecule has 2 heterocycles. The van der Waals surface area contributed by atoms with Gasteiger partial charge in [-0.3, -0.25) is 14.5 Å². The number of nitrogens with zero attached hydrogens (tertiary/aromatic N) is 2. The number of anilines is 1. The molecule has 0 aliphatic carbocycles. The van der Waals surface area contributed by atoms with Crippen LogP contribution in [0.3, 0.4) is 0 Å². The highest BCUT2D eigenvalue weighted by Gasteiger charge is 2.43. The number of likely N-dealkylation sites (N-methyl/N-ethyl adjacent to an activating group) is 1. The summed E-state index contributed by atoms with van der Waals surface area (Å²) in [6.45, 7) is 5.20. The van der Waals surface area contributed by atoms with E-state index >= 15 is 0 Å². The maximum atomic E-state index is 12.0. The number of Topliss-reactive ketones (excluding diaryl/α,β-unsaturated/α-hetero) is 1. The van der Waals surface area contributed by atoms with Crippen molar-refractivity contribution in [2.24, 2.45) is 0 Å². The molecule has 0 N–H and O–H groups in total. The van der Waals surface area contributed by atoms with Crippen LogP contribution in [-0.4, -0.2) is 23.7 Å². The molecule has 1 aromatic heterocycles. The van der Waals surface area contributed by atoms with Gasteiger partial charge >= 0.3 is 0 Å². The van der Waals surface area contributed by atoms with Crippen LogP contribution in [0, 0.1) is 0 Å². The molecule has 1 aliphatic heterocycles. The Labute approximate surface area is 94.3 Å². The van der Waals surface area contributed by atoms with E-state index in [4.69, 9.17) is 0 Å². The number of carbonyl (C=O) groups is 2. The van der Waals surface area contributed by atoms with Crippen molar-refractivity contribution in [2.75, 3.05) is 11.9 Å². The number of hydrogen-bond acceptors (Lipinski definition) is 3. The Hall–Kier alpha value is -1.71. The SMILES string of the molecule is CC(=O)c1cnc2c(c1)C(C)(C)C(=O)N2C. The largest absolute Gasteiger partial charge is 0.299 e. The average Bonchev–Trinajstić information content (AvgIpc) is 2.40. The lowest BCUT2D eigenvalue weighted by Crippen LogP contribution is -2.33. The van der Waals surface area contributed by atoms with Crippen molar-refractivity contribution in [3.05, 3.63) is 23.4 Å². The van der Waals surface area contributed by atoms with Crippen LogP contribution < -0.4 is 4.90 Å². The van der Waals surface area contributed by atoms with Gasteiger partial charge in [-0.2, -0.15) is 0 Å². The summed E-state index contributed by atoms with van der Waals surface area (Å²) in [6.07, 6.45) is 1.52. The zero-order valence-electron chi connectivity index (χ0n) is 9.87. The standard InChI is InChI=1S/C12H14N2O2/c1-7(15)8-5-9-10(13-6-8)14(4)11(16)12(9,2)3/h5-6H,1-4H3. The Morgan fingerprint density at radius 3 is 2.62 bits per heavy atom. The first-order valence-corrected chi connectivity index (χ1v) is 5.15. The summed E-state index contributed by atoms with van der Waals surface area (Å²) in [6, 6.07) is 1.77. The van der Waals surface area contributed by atoms with E-state index in [1.54, 1.807) is 18.0 Å². The number of fused-ring (bicyclic) bond motifs is 1. The van der Waals surface area contributed by atoms with Gasteiger partial charge < -0.3 is 0 Å². The smallest absolute Gasteiger partial charge is 0.238 e. The molecule has 1 aromatic rings. The second-order valence-corrected chi connectivity index (χ2v) is 4.64. The molecule has 1 amide bonds. The Morgan fingerprint density at radius 2 is 2.06 bits per heavy atom. The first-order chi connectivity index (χ1) is 7.35. The summed E-state index contributed by atoms with van der Waals surface area (Å²) in [5, 5.41) is 0. The van der Waals surface area contributed by atoms with Gasteiger partial charge in [-0.15, -0.1) is 0 Å². The van der Waals surface area contributed by atoms with Crippen molar-refractivity contribution >= 4 is 17.5 Å². The van der Waals surface area contributed by atoms with E-state index in [0.29, 0.717) is 11.4 Å². The van der Waals surface area contributed by atoms with Crippen molar-refractivity contribution < 1.29 is 9.59 Å². The lowest BCUT2D eigenvalue weighted by molar-refractivity contribution is -0.121. The van der Waals surface area contributed by atoms with E-state index < -0.39 is 5.41 Å². The van der Waals surface area contributed by atoms with Gasteiger partial charge in [-0.25, -0.2) is 4.98 Å². The summed E-state index contributed by atoms with van der Waals surface area (Å²) in [5.74, 6) is 0.629. The predicted octanol–water partition coefficient (Wildman–Crippen LogP) is 1.54. The Balaban J connectivity index is 2.65. The highest BCUT2D eigenvalue weighted by atomic mass is 16.2. The average molecular weight is 218 g/mol. The molecule has 0 atom stereocenters. The van der Waals surface area contributed by atoms with Crippen molar-refractivity contribution in [3.8, 4) is 0 Å². The maximum absolute atomic E-state index is 12.0. The predicted molar refractivity (Wildman–Crippen MR) is 60.7 cm³/mol. The number of amides is 1. The number of carbonyl (C=O) groups excluding carboxylic acids is 2. The Morgan fingerprint density at radius 1 is 1.44 bits per heavy atom. The van der Waals surface area contributed by atoms with Crippen LogP contribution in [0.4, 0.5) is 5.82 Å². The molecular formula is C12H14N2O2. The highest BCUT2D eigenvalue weighted by molar-refractivity contribution is 6.07. The van der Waals surface area contributed by atoms with E-state index in [-0.39, 0.29) is 11.7 Å². The second kappa shape index (κ2) is 3.14. The summed E-state index contributed by atoms with van der Waals surface area (Å²) in [5.41, 5.74) is 0.783. The van der Waals surface area contributed by atoms with Gasteiger partial charge in [0.1, 0.15) is 5.82 Å². The van der Waals surface area contributed by atoms with Crippen LogP contribution in [0.25, 0.3) is 0 Å². The van der Waals surface area contributed by atoms with Gasteiger partial charge in [0, 0.05) is 24.4 Å². The molecular weight excluding hydrogens is 204 g/mol. The molecule has 0 unspecified atom stereocenters. The minimum atomic E-state index is -0.595. The molecule has 0 spiro atoms. The molecule has 84 valence electrons. The van der Waals surface area contributed by atoms with Crippen LogP contribution in [0.15, 0.2) is 12.3 Å². The van der Waals surface area contributed by atoms with Gasteiger partial charge in [0.05, 0.1) is 5.41 Å². The third-order valence-corrected chi connectivity index (χ3v) is 3.10. The fraction of sp³-hybridized carbons (Fsp3) is 0.417. The number of ketones is 1. The summed E-state index contributed by atoms with van der Waals surface area (Å²) in [4.78, 5) is 29.0. The molecule has 0 bridgehead atoms. The van der Waals surface area contributed by atoms with Crippen molar-refractivity contribution in [3.63, 3.8) is 0 Å². The van der Waals surface area contributed by atoms with E-state index in [0.717, 1.165) is 5.56 Å². The molecule has 4 heteroatoms. The molecule has 16 heavy (non-hydrogen) atoms. The summed E-state index contributed by atoms with van der Waals surface area (Å²) >= 11 is 0. The van der Waals surface area contributed by atoms with E-state index in [1.165, 1.54) is 13.1 Å². The third kappa shape index (κ3) is 1.26. The normalized spacial score (nSPS) is 17.5. The first-order valence-electron chi connectivity index (χ1n) is 5.15. The van der Waals surface area contributed by atoms with Gasteiger partial charge in [0.25, 0.3) is 0 Å². The lowest BCUT2D eigenvalue weighted by Gasteiger charge is -2.16. The second-order valence-electron chi connectivity index (χ2n) is 4.64.